The van der Waals surface area contributed by atoms with Crippen LogP contribution in [-0.4, -0.2) is 46.6 Å². The Bertz CT molecular complexity index is 1360. The summed E-state index contributed by atoms with van der Waals surface area (Å²) >= 11 is 6.18. The van der Waals surface area contributed by atoms with Crippen molar-refractivity contribution in [2.45, 2.75) is 17.6 Å². The number of methoxy groups -OCH3 is 2. The van der Waals surface area contributed by atoms with Crippen LogP contribution >= 0.6 is 11.6 Å². The summed E-state index contributed by atoms with van der Waals surface area (Å²) in [5.41, 5.74) is -0.395. The quantitative estimate of drug-likeness (QED) is 0.309. The predicted molar refractivity (Wildman–Crippen MR) is 130 cm³/mol. The van der Waals surface area contributed by atoms with Gasteiger partial charge in [0.2, 0.25) is 0 Å². The Labute approximate surface area is 217 Å². The van der Waals surface area contributed by atoms with E-state index in [0.29, 0.717) is 11.6 Å². The first-order valence-corrected chi connectivity index (χ1v) is 12.6. The number of rotatable bonds is 10. The Kier molecular flexibility index (Phi) is 9.06. The molecule has 0 saturated carbocycles. The number of carbonyl (C=O) groups is 1. The van der Waals surface area contributed by atoms with Crippen LogP contribution in [0.1, 0.15) is 21.5 Å². The molecule has 0 unspecified atom stereocenters. The lowest BCUT2D eigenvalue weighted by molar-refractivity contribution is -0.137. The van der Waals surface area contributed by atoms with Gasteiger partial charge < -0.3 is 18.6 Å². The standard InChI is InChI=1S/C25H23ClF3NO6S/c1-34-13-12-30(24(31)20-8-3-4-9-21(20)26)16-17-10-11-22(35-2)23(14-17)36-37(32,33)19-7-5-6-18(15-19)25(27,28)29/h3-11,14-15H,12-13,16H2,1-2H3. The first-order valence-electron chi connectivity index (χ1n) is 10.8. The molecule has 0 bridgehead atoms. The van der Waals surface area contributed by atoms with Crippen molar-refractivity contribution in [3.8, 4) is 11.5 Å². The molecule has 0 saturated heterocycles. The Hall–Kier alpha value is -3.28. The van der Waals surface area contributed by atoms with Crippen molar-refractivity contribution >= 4 is 27.6 Å². The highest BCUT2D eigenvalue weighted by atomic mass is 35.5. The lowest BCUT2D eigenvalue weighted by atomic mass is 10.1. The molecule has 198 valence electrons. The second-order valence-corrected chi connectivity index (χ2v) is 9.70. The zero-order chi connectivity index (χ0) is 27.2. The molecule has 0 aliphatic heterocycles. The Morgan fingerprint density at radius 3 is 2.35 bits per heavy atom. The minimum atomic E-state index is -4.73. The Morgan fingerprint density at radius 1 is 0.973 bits per heavy atom. The van der Waals surface area contributed by atoms with Crippen LogP contribution in [0.2, 0.25) is 5.02 Å². The molecular weight excluding hydrogens is 535 g/mol. The molecule has 0 atom stereocenters. The number of nitrogens with zero attached hydrogens (tertiary/aromatic N) is 1. The Morgan fingerprint density at radius 2 is 1.70 bits per heavy atom. The minimum Gasteiger partial charge on any atom is -0.493 e. The summed E-state index contributed by atoms with van der Waals surface area (Å²) in [6.45, 7) is 0.447. The van der Waals surface area contributed by atoms with Crippen LogP contribution in [-0.2, 0) is 27.6 Å². The fourth-order valence-electron chi connectivity index (χ4n) is 3.36. The summed E-state index contributed by atoms with van der Waals surface area (Å²) in [7, 11) is -1.89. The molecule has 12 heteroatoms. The van der Waals surface area contributed by atoms with Crippen molar-refractivity contribution < 1.29 is 40.0 Å². The van der Waals surface area contributed by atoms with Crippen LogP contribution in [0, 0.1) is 0 Å². The summed E-state index contributed by atoms with van der Waals surface area (Å²) in [5, 5.41) is 0.265. The smallest absolute Gasteiger partial charge is 0.416 e. The maximum atomic E-state index is 13.2. The molecule has 0 aliphatic rings. The van der Waals surface area contributed by atoms with Gasteiger partial charge in [0.25, 0.3) is 5.91 Å². The topological polar surface area (TPSA) is 82.1 Å². The van der Waals surface area contributed by atoms with Crippen molar-refractivity contribution in [3.05, 3.63) is 88.4 Å². The number of ether oxygens (including phenoxy) is 2. The van der Waals surface area contributed by atoms with E-state index in [2.05, 4.69) is 0 Å². The lowest BCUT2D eigenvalue weighted by Gasteiger charge is -2.23. The monoisotopic (exact) mass is 557 g/mol. The fourth-order valence-corrected chi connectivity index (χ4v) is 4.55. The number of hydrogen-bond donors (Lipinski definition) is 0. The first kappa shape index (κ1) is 28.3. The summed E-state index contributed by atoms with van der Waals surface area (Å²) < 4.78 is 80.3. The van der Waals surface area contributed by atoms with Gasteiger partial charge in [0.1, 0.15) is 4.90 Å². The molecule has 3 rings (SSSR count). The third kappa shape index (κ3) is 7.15. The van der Waals surface area contributed by atoms with E-state index in [-0.39, 0.29) is 47.7 Å². The highest BCUT2D eigenvalue weighted by Gasteiger charge is 2.32. The third-order valence-electron chi connectivity index (χ3n) is 5.21. The normalized spacial score (nSPS) is 11.7. The lowest BCUT2D eigenvalue weighted by Crippen LogP contribution is -2.33. The third-order valence-corrected chi connectivity index (χ3v) is 6.77. The van der Waals surface area contributed by atoms with Crippen molar-refractivity contribution in [2.24, 2.45) is 0 Å². The van der Waals surface area contributed by atoms with E-state index in [1.807, 2.05) is 0 Å². The van der Waals surface area contributed by atoms with Gasteiger partial charge >= 0.3 is 16.3 Å². The fraction of sp³-hybridized carbons (Fsp3) is 0.240. The number of carbonyl (C=O) groups excluding carboxylic acids is 1. The maximum Gasteiger partial charge on any atom is 0.416 e. The molecule has 1 amide bonds. The van der Waals surface area contributed by atoms with E-state index in [4.69, 9.17) is 25.3 Å². The summed E-state index contributed by atoms with van der Waals surface area (Å²) in [4.78, 5) is 13.9. The molecule has 37 heavy (non-hydrogen) atoms. The van der Waals surface area contributed by atoms with E-state index in [1.165, 1.54) is 31.3 Å². The van der Waals surface area contributed by atoms with Crippen molar-refractivity contribution in [1.82, 2.24) is 4.90 Å². The zero-order valence-electron chi connectivity index (χ0n) is 19.8. The van der Waals surface area contributed by atoms with Crippen LogP contribution in [0.15, 0.2) is 71.6 Å². The average Bonchev–Trinajstić information content (AvgIpc) is 2.86. The van der Waals surface area contributed by atoms with Gasteiger partial charge in [-0.25, -0.2) is 0 Å². The molecule has 0 spiro atoms. The van der Waals surface area contributed by atoms with Crippen molar-refractivity contribution in [2.75, 3.05) is 27.4 Å². The number of alkyl halides is 3. The van der Waals surface area contributed by atoms with Crippen LogP contribution in [0.5, 0.6) is 11.5 Å². The van der Waals surface area contributed by atoms with Gasteiger partial charge in [0.05, 0.1) is 29.9 Å². The van der Waals surface area contributed by atoms with E-state index in [0.717, 1.165) is 18.2 Å². The van der Waals surface area contributed by atoms with Gasteiger partial charge in [-0.2, -0.15) is 21.6 Å². The molecule has 0 aliphatic carbocycles. The average molecular weight is 558 g/mol. The first-order chi connectivity index (χ1) is 17.5. The number of amides is 1. The van der Waals surface area contributed by atoms with E-state index >= 15 is 0 Å². The molecule has 3 aromatic rings. The van der Waals surface area contributed by atoms with Crippen LogP contribution in [0.3, 0.4) is 0 Å². The summed E-state index contributed by atoms with van der Waals surface area (Å²) in [5.74, 6) is -0.605. The van der Waals surface area contributed by atoms with Crippen molar-refractivity contribution in [1.29, 1.82) is 0 Å². The van der Waals surface area contributed by atoms with Crippen LogP contribution in [0.25, 0.3) is 0 Å². The SMILES string of the molecule is COCCN(Cc1ccc(OC)c(OS(=O)(=O)c2cccc(C(F)(F)F)c2)c1)C(=O)c1ccccc1Cl. The predicted octanol–water partition coefficient (Wildman–Crippen LogP) is 5.42. The van der Waals surface area contributed by atoms with Crippen LogP contribution < -0.4 is 8.92 Å². The van der Waals surface area contributed by atoms with E-state index in [9.17, 15) is 26.4 Å². The molecule has 3 aromatic carbocycles. The van der Waals surface area contributed by atoms with Gasteiger partial charge in [-0.15, -0.1) is 0 Å². The number of hydrogen-bond acceptors (Lipinski definition) is 6. The molecule has 0 heterocycles. The molecule has 0 radical (unpaired) electrons. The molecule has 0 aromatic heterocycles. The molecule has 0 N–H and O–H groups in total. The molecular formula is C25H23ClF3NO6S. The maximum absolute atomic E-state index is 13.2. The summed E-state index contributed by atoms with van der Waals surface area (Å²) in [6.07, 6.45) is -4.73. The largest absolute Gasteiger partial charge is 0.493 e. The van der Waals surface area contributed by atoms with Gasteiger partial charge in [-0.05, 0) is 48.0 Å². The summed E-state index contributed by atoms with van der Waals surface area (Å²) in [6, 6.07) is 14.1. The van der Waals surface area contributed by atoms with Crippen LogP contribution in [0.4, 0.5) is 13.2 Å². The second kappa shape index (κ2) is 11.8. The zero-order valence-corrected chi connectivity index (χ0v) is 21.4. The van der Waals surface area contributed by atoms with Gasteiger partial charge in [0.15, 0.2) is 11.5 Å². The number of benzene rings is 3. The second-order valence-electron chi connectivity index (χ2n) is 7.75. The van der Waals surface area contributed by atoms with Gasteiger partial charge in [-0.1, -0.05) is 35.9 Å². The van der Waals surface area contributed by atoms with Gasteiger partial charge in [0, 0.05) is 20.2 Å². The van der Waals surface area contributed by atoms with Crippen molar-refractivity contribution in [3.63, 3.8) is 0 Å². The minimum absolute atomic E-state index is 0.0252. The molecule has 0 fully saturated rings. The van der Waals surface area contributed by atoms with E-state index < -0.39 is 26.8 Å². The number of halogens is 4. The highest BCUT2D eigenvalue weighted by Crippen LogP contribution is 2.34. The Balaban J connectivity index is 1.92. The van der Waals surface area contributed by atoms with E-state index in [1.54, 1.807) is 30.3 Å². The van der Waals surface area contributed by atoms with Gasteiger partial charge in [-0.3, -0.25) is 4.79 Å². The highest BCUT2D eigenvalue weighted by molar-refractivity contribution is 7.87. The molecule has 7 nitrogen and oxygen atoms in total.